The number of nitrogens with zero attached hydrogens (tertiary/aromatic N) is 3. The zero-order valence-electron chi connectivity index (χ0n) is 8.94. The van der Waals surface area contributed by atoms with Gasteiger partial charge in [0.05, 0.1) is 22.8 Å². The molecule has 0 bridgehead atoms. The Morgan fingerprint density at radius 1 is 1.47 bits per heavy atom. The minimum Gasteiger partial charge on any atom is -0.334 e. The summed E-state index contributed by atoms with van der Waals surface area (Å²) in [4.78, 5) is 6.54. The van der Waals surface area contributed by atoms with Gasteiger partial charge in [0, 0.05) is 13.6 Å². The Kier molecular flexibility index (Phi) is 3.07. The van der Waals surface area contributed by atoms with Gasteiger partial charge >= 0.3 is 0 Å². The predicted octanol–water partition coefficient (Wildman–Crippen LogP) is 2.36. The molecule has 0 fully saturated rings. The normalized spacial score (nSPS) is 11.5. The van der Waals surface area contributed by atoms with Crippen LogP contribution in [0.15, 0.2) is 24.5 Å². The van der Waals surface area contributed by atoms with E-state index in [1.54, 1.807) is 0 Å². The Bertz CT molecular complexity index is 464. The Labute approximate surface area is 97.8 Å². The van der Waals surface area contributed by atoms with Gasteiger partial charge in [0.15, 0.2) is 0 Å². The lowest BCUT2D eigenvalue weighted by Crippen LogP contribution is -2.14. The van der Waals surface area contributed by atoms with E-state index in [0.717, 1.165) is 17.5 Å². The third kappa shape index (κ3) is 2.21. The topological polar surface area (TPSA) is 21.1 Å². The van der Waals surface area contributed by atoms with Gasteiger partial charge in [-0.3, -0.25) is 4.90 Å². The van der Waals surface area contributed by atoms with Crippen molar-refractivity contribution in [2.24, 2.45) is 7.05 Å². The third-order valence-electron chi connectivity index (χ3n) is 2.45. The van der Waals surface area contributed by atoms with Crippen LogP contribution in [0.2, 0.25) is 0 Å². The van der Waals surface area contributed by atoms with Crippen LogP contribution < -0.4 is 0 Å². The predicted molar refractivity (Wildman–Crippen MR) is 66.0 cm³/mol. The highest BCUT2D eigenvalue weighted by atomic mass is 79.9. The van der Waals surface area contributed by atoms with Crippen LogP contribution in [0.3, 0.4) is 0 Å². The number of fused-ring (bicyclic) bond motifs is 1. The molecule has 0 aliphatic carbocycles. The summed E-state index contributed by atoms with van der Waals surface area (Å²) in [6.45, 7) is 0.942. The molecule has 4 heteroatoms. The molecule has 0 radical (unpaired) electrons. The first-order valence-electron chi connectivity index (χ1n) is 4.85. The van der Waals surface area contributed by atoms with Crippen molar-refractivity contribution < 1.29 is 0 Å². The standard InChI is InChI=1S/C11H14BrN3/c1-14(7-12)6-9-3-4-11-10(5-9)13-8-15(11)2/h3-5,8H,6-7H2,1-2H3. The molecule has 2 aromatic rings. The van der Waals surface area contributed by atoms with E-state index in [-0.39, 0.29) is 0 Å². The van der Waals surface area contributed by atoms with Gasteiger partial charge in [-0.05, 0) is 24.7 Å². The highest BCUT2D eigenvalue weighted by molar-refractivity contribution is 9.09. The molecule has 3 nitrogen and oxygen atoms in total. The van der Waals surface area contributed by atoms with Crippen LogP contribution >= 0.6 is 15.9 Å². The second-order valence-corrected chi connectivity index (χ2v) is 4.31. The molecule has 0 unspecified atom stereocenters. The molecule has 0 aliphatic heterocycles. The number of imidazole rings is 1. The van der Waals surface area contributed by atoms with Gasteiger partial charge in [-0.15, -0.1) is 0 Å². The minimum atomic E-state index is 0.882. The molecule has 0 aliphatic rings. The molecular weight excluding hydrogens is 254 g/mol. The van der Waals surface area contributed by atoms with Crippen LogP contribution in [0.4, 0.5) is 0 Å². The molecule has 1 aromatic heterocycles. The number of hydrogen-bond donors (Lipinski definition) is 0. The summed E-state index contributed by atoms with van der Waals surface area (Å²) < 4.78 is 2.04. The molecule has 15 heavy (non-hydrogen) atoms. The molecule has 0 atom stereocenters. The van der Waals surface area contributed by atoms with Gasteiger partial charge < -0.3 is 4.57 Å². The average Bonchev–Trinajstić information content (AvgIpc) is 2.60. The van der Waals surface area contributed by atoms with E-state index in [4.69, 9.17) is 0 Å². The molecule has 0 N–H and O–H groups in total. The highest BCUT2D eigenvalue weighted by Crippen LogP contribution is 2.15. The Hall–Kier alpha value is -0.870. The monoisotopic (exact) mass is 267 g/mol. The van der Waals surface area contributed by atoms with Gasteiger partial charge in [0.25, 0.3) is 0 Å². The smallest absolute Gasteiger partial charge is 0.0955 e. The van der Waals surface area contributed by atoms with Crippen LogP contribution in [0.5, 0.6) is 0 Å². The van der Waals surface area contributed by atoms with Gasteiger partial charge in [0.2, 0.25) is 0 Å². The van der Waals surface area contributed by atoms with Crippen molar-refractivity contribution in [1.82, 2.24) is 14.5 Å². The third-order valence-corrected chi connectivity index (χ3v) is 3.30. The van der Waals surface area contributed by atoms with Crippen molar-refractivity contribution in [3.63, 3.8) is 0 Å². The van der Waals surface area contributed by atoms with Crippen LogP contribution in [-0.4, -0.2) is 27.0 Å². The summed E-state index contributed by atoms with van der Waals surface area (Å²) >= 11 is 3.43. The number of rotatable bonds is 3. The number of aromatic nitrogens is 2. The van der Waals surface area contributed by atoms with Crippen molar-refractivity contribution in [3.8, 4) is 0 Å². The summed E-state index contributed by atoms with van der Waals surface area (Å²) in [5.41, 5.74) is 4.43. The SMILES string of the molecule is CN(CBr)Cc1ccc2c(c1)ncn2C. The highest BCUT2D eigenvalue weighted by Gasteiger charge is 2.02. The van der Waals surface area contributed by atoms with E-state index in [9.17, 15) is 0 Å². The lowest BCUT2D eigenvalue weighted by atomic mass is 10.2. The van der Waals surface area contributed by atoms with Crippen LogP contribution in [0.25, 0.3) is 11.0 Å². The van der Waals surface area contributed by atoms with E-state index >= 15 is 0 Å². The van der Waals surface area contributed by atoms with Crippen LogP contribution in [0.1, 0.15) is 5.56 Å². The maximum atomic E-state index is 4.34. The number of alkyl halides is 1. The number of halogens is 1. The van der Waals surface area contributed by atoms with Gasteiger partial charge in [-0.1, -0.05) is 22.0 Å². The average molecular weight is 268 g/mol. The van der Waals surface area contributed by atoms with Gasteiger partial charge in [0.1, 0.15) is 0 Å². The molecule has 1 aromatic carbocycles. The van der Waals surface area contributed by atoms with E-state index in [2.05, 4.69) is 51.1 Å². The molecular formula is C11H14BrN3. The summed E-state index contributed by atoms with van der Waals surface area (Å²) in [5.74, 6) is 0. The summed E-state index contributed by atoms with van der Waals surface area (Å²) in [5, 5.41) is 0. The van der Waals surface area contributed by atoms with Crippen molar-refractivity contribution in [1.29, 1.82) is 0 Å². The lowest BCUT2D eigenvalue weighted by molar-refractivity contribution is 0.390. The van der Waals surface area contributed by atoms with Crippen molar-refractivity contribution in [3.05, 3.63) is 30.1 Å². The van der Waals surface area contributed by atoms with E-state index in [1.165, 1.54) is 11.1 Å². The molecule has 1 heterocycles. The number of aryl methyl sites for hydroxylation is 1. The Morgan fingerprint density at radius 2 is 2.27 bits per heavy atom. The molecule has 2 rings (SSSR count). The zero-order chi connectivity index (χ0) is 10.8. The lowest BCUT2D eigenvalue weighted by Gasteiger charge is -2.12. The number of hydrogen-bond acceptors (Lipinski definition) is 2. The molecule has 0 saturated carbocycles. The van der Waals surface area contributed by atoms with Crippen LogP contribution in [0, 0.1) is 0 Å². The first kappa shape index (κ1) is 10.6. The fourth-order valence-electron chi connectivity index (χ4n) is 1.63. The quantitative estimate of drug-likeness (QED) is 0.629. The van der Waals surface area contributed by atoms with E-state index in [0.29, 0.717) is 0 Å². The second kappa shape index (κ2) is 4.33. The van der Waals surface area contributed by atoms with Crippen molar-refractivity contribution in [2.75, 3.05) is 12.5 Å². The fourth-order valence-corrected chi connectivity index (χ4v) is 1.81. The van der Waals surface area contributed by atoms with E-state index in [1.807, 2.05) is 17.9 Å². The maximum absolute atomic E-state index is 4.34. The first-order valence-corrected chi connectivity index (χ1v) is 5.97. The molecule has 0 spiro atoms. The first-order chi connectivity index (χ1) is 7.20. The summed E-state index contributed by atoms with van der Waals surface area (Å²) in [6, 6.07) is 6.43. The minimum absolute atomic E-state index is 0.882. The van der Waals surface area contributed by atoms with Crippen molar-refractivity contribution >= 4 is 27.0 Å². The van der Waals surface area contributed by atoms with Crippen molar-refractivity contribution in [2.45, 2.75) is 6.54 Å². The molecule has 0 saturated heterocycles. The molecule has 80 valence electrons. The zero-order valence-corrected chi connectivity index (χ0v) is 10.5. The van der Waals surface area contributed by atoms with Gasteiger partial charge in [-0.25, -0.2) is 4.98 Å². The summed E-state index contributed by atoms with van der Waals surface area (Å²) in [6.07, 6.45) is 1.85. The Morgan fingerprint density at radius 3 is 3.00 bits per heavy atom. The molecule has 0 amide bonds. The largest absolute Gasteiger partial charge is 0.334 e. The van der Waals surface area contributed by atoms with Crippen LogP contribution in [-0.2, 0) is 13.6 Å². The van der Waals surface area contributed by atoms with E-state index < -0.39 is 0 Å². The number of benzene rings is 1. The Balaban J connectivity index is 2.31. The fraction of sp³-hybridized carbons (Fsp3) is 0.364. The maximum Gasteiger partial charge on any atom is 0.0955 e. The second-order valence-electron chi connectivity index (χ2n) is 3.81. The van der Waals surface area contributed by atoms with Gasteiger partial charge in [-0.2, -0.15) is 0 Å². The summed E-state index contributed by atoms with van der Waals surface area (Å²) in [7, 11) is 4.09.